The van der Waals surface area contributed by atoms with E-state index in [1.165, 1.54) is 19.3 Å². The highest BCUT2D eigenvalue weighted by Gasteiger charge is 2.33. The van der Waals surface area contributed by atoms with Crippen LogP contribution in [0.25, 0.3) is 0 Å². The minimum absolute atomic E-state index is 0. The molecule has 2 aliphatic rings. The molecule has 25 heavy (non-hydrogen) atoms. The van der Waals surface area contributed by atoms with Crippen molar-refractivity contribution < 1.29 is 13.2 Å². The molecule has 1 atom stereocenters. The van der Waals surface area contributed by atoms with Gasteiger partial charge in [-0.1, -0.05) is 26.2 Å². The van der Waals surface area contributed by atoms with Gasteiger partial charge in [-0.05, 0) is 32.6 Å². The number of nitrogens with zero attached hydrogens (tertiary/aromatic N) is 1. The van der Waals surface area contributed by atoms with Crippen LogP contribution in [0.3, 0.4) is 0 Å². The van der Waals surface area contributed by atoms with E-state index in [1.807, 2.05) is 6.92 Å². The Morgan fingerprint density at radius 3 is 2.52 bits per heavy atom. The maximum atomic E-state index is 11.6. The lowest BCUT2D eigenvalue weighted by molar-refractivity contribution is -0.0624. The number of rotatable bonds is 7. The summed E-state index contributed by atoms with van der Waals surface area (Å²) in [7, 11) is -2.89. The molecule has 148 valence electrons. The minimum atomic E-state index is -2.89. The Morgan fingerprint density at radius 1 is 1.24 bits per heavy atom. The number of hydrogen-bond acceptors (Lipinski definition) is 4. The topological polar surface area (TPSA) is 79.8 Å². The average molecular weight is 487 g/mol. The normalized spacial score (nSPS) is 25.2. The van der Waals surface area contributed by atoms with E-state index in [1.54, 1.807) is 0 Å². The van der Waals surface area contributed by atoms with Gasteiger partial charge >= 0.3 is 0 Å². The van der Waals surface area contributed by atoms with Crippen LogP contribution in [-0.4, -0.2) is 57.2 Å². The van der Waals surface area contributed by atoms with Crippen molar-refractivity contribution in [2.75, 3.05) is 31.2 Å². The fourth-order valence-electron chi connectivity index (χ4n) is 3.51. The van der Waals surface area contributed by atoms with Crippen LogP contribution >= 0.6 is 24.0 Å². The second-order valence-corrected chi connectivity index (χ2v) is 9.26. The predicted octanol–water partition coefficient (Wildman–Crippen LogP) is 2.48. The molecule has 1 saturated heterocycles. The van der Waals surface area contributed by atoms with Gasteiger partial charge in [-0.3, -0.25) is 4.99 Å². The van der Waals surface area contributed by atoms with Crippen molar-refractivity contribution in [1.82, 2.24) is 10.6 Å². The third kappa shape index (κ3) is 7.58. The molecule has 0 aromatic rings. The van der Waals surface area contributed by atoms with Gasteiger partial charge < -0.3 is 15.4 Å². The van der Waals surface area contributed by atoms with E-state index in [4.69, 9.17) is 9.73 Å². The molecular weight excluding hydrogens is 453 g/mol. The molecule has 2 N–H and O–H groups in total. The van der Waals surface area contributed by atoms with Crippen LogP contribution in [0.5, 0.6) is 0 Å². The standard InChI is InChI=1S/C17H33N3O3S.HI/c1-3-11-23-17(9-6-5-7-10-17)14-19-16(18-4-2)20-15-8-12-24(21,22)13-15;/h15H,3-14H2,1-2H3,(H2,18,19,20);1H. The van der Waals surface area contributed by atoms with Gasteiger partial charge in [0.2, 0.25) is 0 Å². The molecule has 1 heterocycles. The summed E-state index contributed by atoms with van der Waals surface area (Å²) in [6, 6.07) is -0.0355. The molecule has 2 rings (SSSR count). The zero-order valence-corrected chi connectivity index (χ0v) is 18.7. The molecule has 6 nitrogen and oxygen atoms in total. The highest BCUT2D eigenvalue weighted by molar-refractivity contribution is 14.0. The Labute approximate surface area is 169 Å². The zero-order valence-electron chi connectivity index (χ0n) is 15.6. The van der Waals surface area contributed by atoms with Crippen LogP contribution < -0.4 is 10.6 Å². The van der Waals surface area contributed by atoms with Crippen LogP contribution in [0.15, 0.2) is 4.99 Å². The molecule has 1 saturated carbocycles. The van der Waals surface area contributed by atoms with Crippen molar-refractivity contribution in [2.45, 2.75) is 70.4 Å². The monoisotopic (exact) mass is 487 g/mol. The number of guanidine groups is 1. The van der Waals surface area contributed by atoms with E-state index in [0.717, 1.165) is 32.4 Å². The Balaban J connectivity index is 0.00000312. The van der Waals surface area contributed by atoms with E-state index < -0.39 is 9.84 Å². The molecule has 1 aliphatic heterocycles. The summed E-state index contributed by atoms with van der Waals surface area (Å²) in [5.41, 5.74) is -0.141. The summed E-state index contributed by atoms with van der Waals surface area (Å²) >= 11 is 0. The predicted molar refractivity (Wildman–Crippen MR) is 114 cm³/mol. The smallest absolute Gasteiger partial charge is 0.191 e. The molecule has 1 unspecified atom stereocenters. The molecule has 1 aliphatic carbocycles. The van der Waals surface area contributed by atoms with Gasteiger partial charge in [0.15, 0.2) is 15.8 Å². The van der Waals surface area contributed by atoms with Gasteiger partial charge in [0, 0.05) is 19.2 Å². The van der Waals surface area contributed by atoms with Crippen molar-refractivity contribution in [2.24, 2.45) is 4.99 Å². The second kappa shape index (κ2) is 10.9. The lowest BCUT2D eigenvalue weighted by atomic mass is 9.84. The summed E-state index contributed by atoms with van der Waals surface area (Å²) in [4.78, 5) is 4.75. The van der Waals surface area contributed by atoms with E-state index in [9.17, 15) is 8.42 Å². The quantitative estimate of drug-likeness (QED) is 0.328. The van der Waals surface area contributed by atoms with Crippen LogP contribution in [0.1, 0.15) is 58.8 Å². The lowest BCUT2D eigenvalue weighted by Gasteiger charge is -2.36. The van der Waals surface area contributed by atoms with E-state index >= 15 is 0 Å². The van der Waals surface area contributed by atoms with Crippen LogP contribution in [0, 0.1) is 0 Å². The number of sulfone groups is 1. The van der Waals surface area contributed by atoms with E-state index in [2.05, 4.69) is 17.6 Å². The first kappa shape index (κ1) is 23.0. The van der Waals surface area contributed by atoms with Crippen molar-refractivity contribution in [1.29, 1.82) is 0 Å². The molecule has 0 radical (unpaired) electrons. The highest BCUT2D eigenvalue weighted by Crippen LogP contribution is 2.32. The first-order valence-corrected chi connectivity index (χ1v) is 11.2. The van der Waals surface area contributed by atoms with Crippen LogP contribution in [0.2, 0.25) is 0 Å². The largest absolute Gasteiger partial charge is 0.373 e. The van der Waals surface area contributed by atoms with E-state index in [-0.39, 0.29) is 47.1 Å². The molecule has 0 aromatic heterocycles. The Morgan fingerprint density at radius 2 is 1.96 bits per heavy atom. The maximum Gasteiger partial charge on any atom is 0.191 e. The number of aliphatic imine (C=N–C) groups is 1. The fourth-order valence-corrected chi connectivity index (χ4v) is 5.18. The Hall–Kier alpha value is -0.0900. The maximum absolute atomic E-state index is 11.6. The van der Waals surface area contributed by atoms with Crippen molar-refractivity contribution in [3.8, 4) is 0 Å². The molecule has 2 fully saturated rings. The van der Waals surface area contributed by atoms with E-state index in [0.29, 0.717) is 18.9 Å². The molecule has 8 heteroatoms. The van der Waals surface area contributed by atoms with Crippen LogP contribution in [0.4, 0.5) is 0 Å². The Kier molecular flexibility index (Phi) is 10.0. The lowest BCUT2D eigenvalue weighted by Crippen LogP contribution is -2.46. The second-order valence-electron chi connectivity index (χ2n) is 7.03. The van der Waals surface area contributed by atoms with Gasteiger partial charge in [0.25, 0.3) is 0 Å². The summed E-state index contributed by atoms with van der Waals surface area (Å²) in [6.45, 7) is 6.33. The van der Waals surface area contributed by atoms with Gasteiger partial charge in [0.05, 0.1) is 23.7 Å². The minimum Gasteiger partial charge on any atom is -0.373 e. The van der Waals surface area contributed by atoms with Crippen molar-refractivity contribution in [3.05, 3.63) is 0 Å². The van der Waals surface area contributed by atoms with Gasteiger partial charge in [0.1, 0.15) is 0 Å². The number of halogens is 1. The van der Waals surface area contributed by atoms with Gasteiger partial charge in [-0.15, -0.1) is 24.0 Å². The molecule has 0 bridgehead atoms. The van der Waals surface area contributed by atoms with Crippen LogP contribution in [-0.2, 0) is 14.6 Å². The third-order valence-electron chi connectivity index (χ3n) is 4.82. The fraction of sp³-hybridized carbons (Fsp3) is 0.941. The molecular formula is C17H34IN3O3S. The van der Waals surface area contributed by atoms with Gasteiger partial charge in [-0.25, -0.2) is 8.42 Å². The summed E-state index contributed by atoms with van der Waals surface area (Å²) < 4.78 is 29.5. The first-order valence-electron chi connectivity index (χ1n) is 9.38. The third-order valence-corrected chi connectivity index (χ3v) is 6.59. The van der Waals surface area contributed by atoms with Crippen molar-refractivity contribution >= 4 is 39.8 Å². The molecule has 0 aromatic carbocycles. The SMILES string of the molecule is CCCOC1(CN=C(NCC)NC2CCS(=O)(=O)C2)CCCCC1.I. The molecule has 0 spiro atoms. The summed E-state index contributed by atoms with van der Waals surface area (Å²) in [6.07, 6.45) is 7.47. The first-order chi connectivity index (χ1) is 11.5. The molecule has 0 amide bonds. The summed E-state index contributed by atoms with van der Waals surface area (Å²) in [5, 5.41) is 6.53. The zero-order chi connectivity index (χ0) is 17.5. The van der Waals surface area contributed by atoms with Crippen molar-refractivity contribution in [3.63, 3.8) is 0 Å². The number of nitrogens with one attached hydrogen (secondary N) is 2. The average Bonchev–Trinajstić information content (AvgIpc) is 2.91. The number of ether oxygens (including phenoxy) is 1. The summed E-state index contributed by atoms with van der Waals surface area (Å²) in [5.74, 6) is 1.19. The number of hydrogen-bond donors (Lipinski definition) is 2. The Bertz CT molecular complexity index is 519. The van der Waals surface area contributed by atoms with Gasteiger partial charge in [-0.2, -0.15) is 0 Å². The highest BCUT2D eigenvalue weighted by atomic mass is 127.